The lowest BCUT2D eigenvalue weighted by atomic mass is 10.0. The average Bonchev–Trinajstić information content (AvgIpc) is 2.48. The summed E-state index contributed by atoms with van der Waals surface area (Å²) in [6.45, 7) is 0. The lowest BCUT2D eigenvalue weighted by Crippen LogP contribution is -2.03. The van der Waals surface area contributed by atoms with Crippen LogP contribution in [0.1, 0.15) is 15.9 Å². The molecule has 0 N–H and O–H groups in total. The molecule has 0 unspecified atom stereocenters. The number of rotatable bonds is 3. The van der Waals surface area contributed by atoms with Crippen molar-refractivity contribution in [2.45, 2.75) is 6.42 Å². The van der Waals surface area contributed by atoms with E-state index < -0.39 is 0 Å². The van der Waals surface area contributed by atoms with Gasteiger partial charge in [-0.2, -0.15) is 0 Å². The van der Waals surface area contributed by atoms with E-state index >= 15 is 0 Å². The van der Waals surface area contributed by atoms with Crippen LogP contribution in [0.2, 0.25) is 0 Å². The molecular formula is C16H12N2O. The van der Waals surface area contributed by atoms with Gasteiger partial charge in [0.1, 0.15) is 0 Å². The zero-order valence-electron chi connectivity index (χ0n) is 10.3. The number of nitrogens with zero attached hydrogens (tertiary/aromatic N) is 2. The molecule has 0 amide bonds. The van der Waals surface area contributed by atoms with Crippen LogP contribution in [-0.4, -0.2) is 15.8 Å². The molecule has 0 aliphatic heterocycles. The summed E-state index contributed by atoms with van der Waals surface area (Å²) in [7, 11) is 0. The average molecular weight is 248 g/mol. The van der Waals surface area contributed by atoms with Gasteiger partial charge in [0, 0.05) is 36.0 Å². The molecule has 0 radical (unpaired) electrons. The number of ketones is 1. The first-order valence-corrected chi connectivity index (χ1v) is 6.10. The lowest BCUT2D eigenvalue weighted by molar-refractivity contribution is 0.0993. The molecule has 0 saturated carbocycles. The van der Waals surface area contributed by atoms with Gasteiger partial charge in [-0.25, -0.2) is 0 Å². The maximum Gasteiger partial charge on any atom is 0.167 e. The van der Waals surface area contributed by atoms with E-state index in [-0.39, 0.29) is 5.78 Å². The Morgan fingerprint density at radius 1 is 1.00 bits per heavy atom. The zero-order chi connectivity index (χ0) is 13.1. The maximum absolute atomic E-state index is 12.2. The smallest absolute Gasteiger partial charge is 0.167 e. The van der Waals surface area contributed by atoms with E-state index in [1.165, 1.54) is 0 Å². The summed E-state index contributed by atoms with van der Waals surface area (Å²) in [6, 6.07) is 13.2. The summed E-state index contributed by atoms with van der Waals surface area (Å²) in [5.41, 5.74) is 2.60. The van der Waals surface area contributed by atoms with Crippen molar-refractivity contribution in [3.05, 3.63) is 72.2 Å². The molecule has 0 aliphatic rings. The standard InChI is InChI=1S/C16H12N2O/c19-16(10-12-5-8-17-9-6-12)14-3-4-15-13(11-14)2-1-7-18-15/h1-9,11H,10H2. The Morgan fingerprint density at radius 2 is 1.84 bits per heavy atom. The van der Waals surface area contributed by atoms with Crippen molar-refractivity contribution < 1.29 is 4.79 Å². The van der Waals surface area contributed by atoms with Gasteiger partial charge in [0.15, 0.2) is 5.78 Å². The Morgan fingerprint density at radius 3 is 2.68 bits per heavy atom. The first kappa shape index (κ1) is 11.5. The van der Waals surface area contributed by atoms with Crippen LogP contribution in [0.4, 0.5) is 0 Å². The second-order valence-electron chi connectivity index (χ2n) is 4.37. The fourth-order valence-corrected chi connectivity index (χ4v) is 2.04. The molecule has 0 saturated heterocycles. The molecule has 3 heteroatoms. The van der Waals surface area contributed by atoms with E-state index in [0.29, 0.717) is 6.42 Å². The molecule has 3 nitrogen and oxygen atoms in total. The van der Waals surface area contributed by atoms with Gasteiger partial charge in [-0.3, -0.25) is 14.8 Å². The SMILES string of the molecule is O=C(Cc1ccncc1)c1ccc2ncccc2c1. The zero-order valence-corrected chi connectivity index (χ0v) is 10.3. The summed E-state index contributed by atoms with van der Waals surface area (Å²) < 4.78 is 0. The van der Waals surface area contributed by atoms with E-state index in [1.807, 2.05) is 42.5 Å². The summed E-state index contributed by atoms with van der Waals surface area (Å²) in [5.74, 6) is 0.108. The molecule has 2 heterocycles. The molecule has 0 spiro atoms. The molecule has 0 bridgehead atoms. The predicted octanol–water partition coefficient (Wildman–Crippen LogP) is 3.06. The first-order valence-electron chi connectivity index (χ1n) is 6.10. The van der Waals surface area contributed by atoms with Crippen molar-refractivity contribution in [1.29, 1.82) is 0 Å². The number of carbonyl (C=O) groups is 1. The topological polar surface area (TPSA) is 42.9 Å². The number of fused-ring (bicyclic) bond motifs is 1. The monoisotopic (exact) mass is 248 g/mol. The summed E-state index contributed by atoms with van der Waals surface area (Å²) >= 11 is 0. The quantitative estimate of drug-likeness (QED) is 0.669. The molecule has 1 aromatic carbocycles. The number of benzene rings is 1. The molecule has 3 rings (SSSR count). The third kappa shape index (κ3) is 2.50. The minimum absolute atomic E-state index is 0.108. The Bertz CT molecular complexity index is 723. The van der Waals surface area contributed by atoms with Gasteiger partial charge in [0.05, 0.1) is 5.52 Å². The second-order valence-corrected chi connectivity index (χ2v) is 4.37. The normalized spacial score (nSPS) is 10.5. The highest BCUT2D eigenvalue weighted by atomic mass is 16.1. The van der Waals surface area contributed by atoms with Crippen molar-refractivity contribution >= 4 is 16.7 Å². The predicted molar refractivity (Wildman–Crippen MR) is 74.0 cm³/mol. The fraction of sp³-hybridized carbons (Fsp3) is 0.0625. The second kappa shape index (κ2) is 4.98. The molecule has 0 fully saturated rings. The van der Waals surface area contributed by atoms with Crippen LogP contribution in [0, 0.1) is 0 Å². The van der Waals surface area contributed by atoms with E-state index in [0.717, 1.165) is 22.0 Å². The van der Waals surface area contributed by atoms with Gasteiger partial charge in [-0.15, -0.1) is 0 Å². The largest absolute Gasteiger partial charge is 0.294 e. The number of hydrogen-bond donors (Lipinski definition) is 0. The van der Waals surface area contributed by atoms with E-state index in [4.69, 9.17) is 0 Å². The van der Waals surface area contributed by atoms with Crippen molar-refractivity contribution in [2.24, 2.45) is 0 Å². The van der Waals surface area contributed by atoms with Crippen LogP contribution in [0.5, 0.6) is 0 Å². The Balaban J connectivity index is 1.89. The highest BCUT2D eigenvalue weighted by molar-refractivity contribution is 6.00. The lowest BCUT2D eigenvalue weighted by Gasteiger charge is -2.03. The molecule has 2 aromatic heterocycles. The Kier molecular flexibility index (Phi) is 3.02. The number of hydrogen-bond acceptors (Lipinski definition) is 3. The molecule has 3 aromatic rings. The van der Waals surface area contributed by atoms with Crippen molar-refractivity contribution in [1.82, 2.24) is 9.97 Å². The van der Waals surface area contributed by atoms with Gasteiger partial charge >= 0.3 is 0 Å². The van der Waals surface area contributed by atoms with Crippen LogP contribution in [0.25, 0.3) is 10.9 Å². The number of pyridine rings is 2. The number of Topliss-reactive ketones (excluding diaryl/α,β-unsaturated/α-hetero) is 1. The number of carbonyl (C=O) groups excluding carboxylic acids is 1. The van der Waals surface area contributed by atoms with Gasteiger partial charge in [-0.05, 0) is 42.0 Å². The van der Waals surface area contributed by atoms with Crippen LogP contribution < -0.4 is 0 Å². The van der Waals surface area contributed by atoms with Crippen molar-refractivity contribution in [2.75, 3.05) is 0 Å². The van der Waals surface area contributed by atoms with Crippen LogP contribution >= 0.6 is 0 Å². The van der Waals surface area contributed by atoms with E-state index in [2.05, 4.69) is 9.97 Å². The third-order valence-corrected chi connectivity index (χ3v) is 3.04. The summed E-state index contributed by atoms with van der Waals surface area (Å²) in [6.07, 6.45) is 5.55. The third-order valence-electron chi connectivity index (χ3n) is 3.04. The van der Waals surface area contributed by atoms with Crippen LogP contribution in [0.15, 0.2) is 61.1 Å². The van der Waals surface area contributed by atoms with E-state index in [9.17, 15) is 4.79 Å². The first-order chi connectivity index (χ1) is 9.33. The number of aromatic nitrogens is 2. The van der Waals surface area contributed by atoms with Crippen LogP contribution in [-0.2, 0) is 6.42 Å². The molecule has 92 valence electrons. The molecule has 0 aliphatic carbocycles. The fourth-order valence-electron chi connectivity index (χ4n) is 2.04. The molecule has 0 atom stereocenters. The highest BCUT2D eigenvalue weighted by Crippen LogP contribution is 2.15. The van der Waals surface area contributed by atoms with Gasteiger partial charge in [0.2, 0.25) is 0 Å². The maximum atomic E-state index is 12.2. The highest BCUT2D eigenvalue weighted by Gasteiger charge is 2.07. The van der Waals surface area contributed by atoms with Crippen LogP contribution in [0.3, 0.4) is 0 Å². The van der Waals surface area contributed by atoms with Gasteiger partial charge < -0.3 is 0 Å². The minimum Gasteiger partial charge on any atom is -0.294 e. The van der Waals surface area contributed by atoms with Crippen molar-refractivity contribution in [3.8, 4) is 0 Å². The molecular weight excluding hydrogens is 236 g/mol. The van der Waals surface area contributed by atoms with Gasteiger partial charge in [0.25, 0.3) is 0 Å². The Labute approximate surface area is 111 Å². The Hall–Kier alpha value is -2.55. The molecule has 19 heavy (non-hydrogen) atoms. The van der Waals surface area contributed by atoms with E-state index in [1.54, 1.807) is 18.6 Å². The van der Waals surface area contributed by atoms with Crippen molar-refractivity contribution in [3.63, 3.8) is 0 Å². The van der Waals surface area contributed by atoms with Gasteiger partial charge in [-0.1, -0.05) is 6.07 Å². The summed E-state index contributed by atoms with van der Waals surface area (Å²) in [5, 5.41) is 0.989. The summed E-state index contributed by atoms with van der Waals surface area (Å²) in [4.78, 5) is 20.4. The minimum atomic E-state index is 0.108.